The second kappa shape index (κ2) is 4.74. The predicted octanol–water partition coefficient (Wildman–Crippen LogP) is 1.96. The van der Waals surface area contributed by atoms with Crippen LogP contribution in [0, 0.1) is 5.41 Å². The third kappa shape index (κ3) is 3.68. The molecule has 0 aliphatic carbocycles. The molecule has 1 heterocycles. The Bertz CT molecular complexity index is 201. The first kappa shape index (κ1) is 12.8. The zero-order valence-electron chi connectivity index (χ0n) is 10.1. The summed E-state index contributed by atoms with van der Waals surface area (Å²) >= 11 is 0. The Morgan fingerprint density at radius 2 is 2.00 bits per heavy atom. The van der Waals surface area contributed by atoms with Crippen LogP contribution in [-0.2, 0) is 0 Å². The maximum absolute atomic E-state index is 12.4. The van der Waals surface area contributed by atoms with Crippen molar-refractivity contribution in [2.24, 2.45) is 5.41 Å². The average Bonchev–Trinajstić information content (AvgIpc) is 2.06. The second-order valence-electron chi connectivity index (χ2n) is 5.52. The van der Waals surface area contributed by atoms with Crippen LogP contribution in [0.3, 0.4) is 0 Å². The zero-order valence-corrected chi connectivity index (χ0v) is 10.1. The fourth-order valence-corrected chi connectivity index (χ4v) is 1.93. The van der Waals surface area contributed by atoms with Crippen LogP contribution in [-0.4, -0.2) is 43.0 Å². The molecule has 90 valence electrons. The van der Waals surface area contributed by atoms with Gasteiger partial charge in [0.15, 0.2) is 0 Å². The van der Waals surface area contributed by atoms with Crippen LogP contribution in [0.5, 0.6) is 0 Å². The van der Waals surface area contributed by atoms with Crippen molar-refractivity contribution in [1.82, 2.24) is 10.2 Å². The van der Waals surface area contributed by atoms with E-state index in [1.54, 1.807) is 0 Å². The monoisotopic (exact) mass is 220 g/mol. The Hall–Kier alpha value is -0.220. The van der Waals surface area contributed by atoms with Crippen LogP contribution in [0.25, 0.3) is 0 Å². The Labute approximate surface area is 91.0 Å². The second-order valence-corrected chi connectivity index (χ2v) is 5.52. The Morgan fingerprint density at radius 3 is 2.47 bits per heavy atom. The highest BCUT2D eigenvalue weighted by atomic mass is 19.3. The summed E-state index contributed by atoms with van der Waals surface area (Å²) in [6.45, 7) is 9.83. The number of hydrogen-bond donors (Lipinski definition) is 1. The summed E-state index contributed by atoms with van der Waals surface area (Å²) in [6.07, 6.45) is -2.23. The summed E-state index contributed by atoms with van der Waals surface area (Å²) in [5.41, 5.74) is 0.126. The van der Waals surface area contributed by atoms with Crippen molar-refractivity contribution in [3.8, 4) is 0 Å². The summed E-state index contributed by atoms with van der Waals surface area (Å²) in [4.78, 5) is 1.89. The lowest BCUT2D eigenvalue weighted by Crippen LogP contribution is -2.60. The van der Waals surface area contributed by atoms with Gasteiger partial charge in [0, 0.05) is 25.2 Å². The lowest BCUT2D eigenvalue weighted by atomic mass is 9.85. The standard InChI is InChI=1S/C11H22F2N2/c1-8-5-14-9(11(2,3)4)6-15(8)7-10(12)13/h8-10,14H,5-7H2,1-4H3. The van der Waals surface area contributed by atoms with Gasteiger partial charge in [0.2, 0.25) is 0 Å². The Balaban J connectivity index is 2.56. The summed E-state index contributed by atoms with van der Waals surface area (Å²) in [5.74, 6) is 0. The molecule has 2 nitrogen and oxygen atoms in total. The molecule has 0 amide bonds. The summed E-state index contributed by atoms with van der Waals surface area (Å²) in [7, 11) is 0. The van der Waals surface area contributed by atoms with Gasteiger partial charge in [-0.25, -0.2) is 8.78 Å². The molecule has 1 fully saturated rings. The van der Waals surface area contributed by atoms with Crippen LogP contribution in [0.2, 0.25) is 0 Å². The molecule has 0 aromatic rings. The first-order valence-electron chi connectivity index (χ1n) is 5.56. The van der Waals surface area contributed by atoms with Crippen LogP contribution in [0.15, 0.2) is 0 Å². The Kier molecular flexibility index (Phi) is 4.06. The van der Waals surface area contributed by atoms with Gasteiger partial charge in [0.1, 0.15) is 0 Å². The van der Waals surface area contributed by atoms with E-state index in [0.717, 1.165) is 13.1 Å². The van der Waals surface area contributed by atoms with Crippen LogP contribution < -0.4 is 5.32 Å². The number of piperazine rings is 1. The smallest absolute Gasteiger partial charge is 0.251 e. The number of halogens is 2. The van der Waals surface area contributed by atoms with Crippen molar-refractivity contribution in [3.05, 3.63) is 0 Å². The fourth-order valence-electron chi connectivity index (χ4n) is 1.93. The lowest BCUT2D eigenvalue weighted by molar-refractivity contribution is 0.0313. The highest BCUT2D eigenvalue weighted by Gasteiger charge is 2.33. The predicted molar refractivity (Wildman–Crippen MR) is 58.3 cm³/mol. The van der Waals surface area contributed by atoms with E-state index in [1.807, 2.05) is 11.8 Å². The molecule has 0 radical (unpaired) electrons. The molecule has 15 heavy (non-hydrogen) atoms. The van der Waals surface area contributed by atoms with Gasteiger partial charge in [0.25, 0.3) is 6.43 Å². The number of hydrogen-bond acceptors (Lipinski definition) is 2. The molecule has 2 atom stereocenters. The maximum Gasteiger partial charge on any atom is 0.251 e. The summed E-state index contributed by atoms with van der Waals surface area (Å²) < 4.78 is 24.7. The van der Waals surface area contributed by atoms with Gasteiger partial charge in [-0.2, -0.15) is 0 Å². The minimum absolute atomic E-state index is 0.102. The van der Waals surface area contributed by atoms with Gasteiger partial charge in [-0.05, 0) is 12.3 Å². The van der Waals surface area contributed by atoms with Crippen molar-refractivity contribution in [2.45, 2.75) is 46.2 Å². The zero-order chi connectivity index (χ0) is 11.6. The van der Waals surface area contributed by atoms with Gasteiger partial charge in [-0.1, -0.05) is 20.8 Å². The number of alkyl halides is 2. The number of nitrogens with one attached hydrogen (secondary N) is 1. The molecule has 1 N–H and O–H groups in total. The van der Waals surface area contributed by atoms with Gasteiger partial charge in [-0.15, -0.1) is 0 Å². The number of rotatable bonds is 2. The summed E-state index contributed by atoms with van der Waals surface area (Å²) in [5, 5.41) is 3.43. The average molecular weight is 220 g/mol. The van der Waals surface area contributed by atoms with Crippen molar-refractivity contribution in [3.63, 3.8) is 0 Å². The van der Waals surface area contributed by atoms with Crippen molar-refractivity contribution in [1.29, 1.82) is 0 Å². The lowest BCUT2D eigenvalue weighted by Gasteiger charge is -2.43. The first-order chi connectivity index (χ1) is 6.80. The van der Waals surface area contributed by atoms with Gasteiger partial charge >= 0.3 is 0 Å². The largest absolute Gasteiger partial charge is 0.311 e. The molecule has 0 aromatic carbocycles. The van der Waals surface area contributed by atoms with Crippen LogP contribution in [0.4, 0.5) is 8.78 Å². The molecule has 0 saturated carbocycles. The Morgan fingerprint density at radius 1 is 1.40 bits per heavy atom. The van der Waals surface area contributed by atoms with Gasteiger partial charge in [-0.3, -0.25) is 4.90 Å². The third-order valence-corrected chi connectivity index (χ3v) is 3.12. The molecular formula is C11H22F2N2. The van der Waals surface area contributed by atoms with Crippen LogP contribution >= 0.6 is 0 Å². The van der Waals surface area contributed by atoms with E-state index < -0.39 is 6.43 Å². The van der Waals surface area contributed by atoms with E-state index >= 15 is 0 Å². The SMILES string of the molecule is CC1CNC(C(C)(C)C)CN1CC(F)F. The van der Waals surface area contributed by atoms with Gasteiger partial charge < -0.3 is 5.32 Å². The quantitative estimate of drug-likeness (QED) is 0.765. The van der Waals surface area contributed by atoms with E-state index in [0.29, 0.717) is 6.04 Å². The molecule has 0 spiro atoms. The third-order valence-electron chi connectivity index (χ3n) is 3.12. The molecule has 1 saturated heterocycles. The molecule has 1 aliphatic rings. The topological polar surface area (TPSA) is 15.3 Å². The summed E-state index contributed by atoms with van der Waals surface area (Å²) in [6, 6.07) is 0.505. The maximum atomic E-state index is 12.4. The molecule has 0 aromatic heterocycles. The van der Waals surface area contributed by atoms with Crippen molar-refractivity contribution >= 4 is 0 Å². The van der Waals surface area contributed by atoms with Crippen LogP contribution in [0.1, 0.15) is 27.7 Å². The van der Waals surface area contributed by atoms with E-state index in [-0.39, 0.29) is 18.0 Å². The highest BCUT2D eigenvalue weighted by molar-refractivity contribution is 4.90. The van der Waals surface area contributed by atoms with E-state index in [2.05, 4.69) is 26.1 Å². The minimum Gasteiger partial charge on any atom is -0.311 e. The number of nitrogens with zero attached hydrogens (tertiary/aromatic N) is 1. The first-order valence-corrected chi connectivity index (χ1v) is 5.56. The van der Waals surface area contributed by atoms with Crippen molar-refractivity contribution < 1.29 is 8.78 Å². The molecule has 0 bridgehead atoms. The molecule has 2 unspecified atom stereocenters. The fraction of sp³-hybridized carbons (Fsp3) is 1.00. The normalized spacial score (nSPS) is 29.8. The molecule has 1 aliphatic heterocycles. The van der Waals surface area contributed by atoms with E-state index in [9.17, 15) is 8.78 Å². The van der Waals surface area contributed by atoms with Crippen molar-refractivity contribution in [2.75, 3.05) is 19.6 Å². The highest BCUT2D eigenvalue weighted by Crippen LogP contribution is 2.23. The van der Waals surface area contributed by atoms with E-state index in [4.69, 9.17) is 0 Å². The molecular weight excluding hydrogens is 198 g/mol. The molecule has 4 heteroatoms. The molecule has 1 rings (SSSR count). The van der Waals surface area contributed by atoms with E-state index in [1.165, 1.54) is 0 Å². The van der Waals surface area contributed by atoms with Gasteiger partial charge in [0.05, 0.1) is 6.54 Å². The minimum atomic E-state index is -2.23.